The lowest BCUT2D eigenvalue weighted by atomic mass is 10.2. The monoisotopic (exact) mass is 201 g/mol. The molecule has 0 bridgehead atoms. The minimum absolute atomic E-state index is 0.181. The van der Waals surface area contributed by atoms with Gasteiger partial charge in [0.05, 0.1) is 17.4 Å². The first-order valence-electron chi connectivity index (χ1n) is 4.44. The Labute approximate surface area is 83.8 Å². The van der Waals surface area contributed by atoms with Crippen LogP contribution in [0.3, 0.4) is 0 Å². The molecule has 5 nitrogen and oxygen atoms in total. The van der Waals surface area contributed by atoms with E-state index in [2.05, 4.69) is 15.0 Å². The molecule has 0 aliphatic rings. The lowest BCUT2D eigenvalue weighted by Crippen LogP contribution is -1.94. The lowest BCUT2D eigenvalue weighted by molar-refractivity contribution is 0.0691. The topological polar surface area (TPSA) is 81.8 Å². The Morgan fingerprint density at radius 2 is 2.13 bits per heavy atom. The number of carboxylic acids is 1. The maximum absolute atomic E-state index is 10.8. The number of H-pyrrole nitrogens is 2. The highest BCUT2D eigenvalue weighted by molar-refractivity contribution is 6.06. The number of fused-ring (bicyclic) bond motifs is 3. The second-order valence-electron chi connectivity index (χ2n) is 3.31. The molecule has 0 radical (unpaired) electrons. The van der Waals surface area contributed by atoms with E-state index in [0.717, 1.165) is 21.9 Å². The van der Waals surface area contributed by atoms with Gasteiger partial charge in [-0.3, -0.25) is 0 Å². The van der Waals surface area contributed by atoms with Gasteiger partial charge in [0, 0.05) is 10.9 Å². The second-order valence-corrected chi connectivity index (χ2v) is 3.31. The SMILES string of the molecule is O=C(O)c1cc2c(ccc3[nH]cnc32)[nH]1. The summed E-state index contributed by atoms with van der Waals surface area (Å²) in [6, 6.07) is 5.30. The zero-order valence-electron chi connectivity index (χ0n) is 7.61. The summed E-state index contributed by atoms with van der Waals surface area (Å²) in [4.78, 5) is 20.7. The van der Waals surface area contributed by atoms with E-state index in [1.807, 2.05) is 12.1 Å². The molecule has 0 aliphatic heterocycles. The van der Waals surface area contributed by atoms with Gasteiger partial charge < -0.3 is 15.1 Å². The number of hydrogen-bond donors (Lipinski definition) is 3. The summed E-state index contributed by atoms with van der Waals surface area (Å²) in [5.41, 5.74) is 2.65. The number of benzene rings is 1. The molecule has 0 fully saturated rings. The number of rotatable bonds is 1. The molecule has 0 amide bonds. The smallest absolute Gasteiger partial charge is 0.352 e. The number of nitrogens with one attached hydrogen (secondary N) is 2. The number of carbonyl (C=O) groups is 1. The highest BCUT2D eigenvalue weighted by Gasteiger charge is 2.10. The molecule has 0 atom stereocenters. The minimum Gasteiger partial charge on any atom is -0.477 e. The van der Waals surface area contributed by atoms with Crippen molar-refractivity contribution in [1.29, 1.82) is 0 Å². The second kappa shape index (κ2) is 2.60. The molecule has 1 aromatic carbocycles. The predicted molar refractivity (Wildman–Crippen MR) is 54.9 cm³/mol. The van der Waals surface area contributed by atoms with Crippen LogP contribution in [0.5, 0.6) is 0 Å². The van der Waals surface area contributed by atoms with Crippen LogP contribution in [0, 0.1) is 0 Å². The van der Waals surface area contributed by atoms with E-state index in [9.17, 15) is 4.79 Å². The highest BCUT2D eigenvalue weighted by atomic mass is 16.4. The number of carboxylic acid groups (broad SMARTS) is 1. The summed E-state index contributed by atoms with van der Waals surface area (Å²) >= 11 is 0. The third-order valence-electron chi connectivity index (χ3n) is 2.42. The quantitative estimate of drug-likeness (QED) is 0.560. The molecule has 0 unspecified atom stereocenters. The standard InChI is InChI=1S/C10H7N3O2/c14-10(15)8-3-5-6(13-8)1-2-7-9(5)12-4-11-7/h1-4,13H,(H,11,12)(H,14,15). The number of nitrogens with zero attached hydrogens (tertiary/aromatic N) is 1. The molecule has 0 saturated heterocycles. The summed E-state index contributed by atoms with van der Waals surface area (Å²) in [5.74, 6) is -0.963. The summed E-state index contributed by atoms with van der Waals surface area (Å²) in [6.07, 6.45) is 1.59. The van der Waals surface area contributed by atoms with Gasteiger partial charge in [0.2, 0.25) is 0 Å². The molecule has 0 aliphatic carbocycles. The molecule has 74 valence electrons. The van der Waals surface area contributed by atoms with Gasteiger partial charge in [-0.2, -0.15) is 0 Å². The van der Waals surface area contributed by atoms with E-state index in [1.54, 1.807) is 12.4 Å². The molecule has 0 spiro atoms. The van der Waals surface area contributed by atoms with E-state index < -0.39 is 5.97 Å². The van der Waals surface area contributed by atoms with Crippen molar-refractivity contribution in [2.24, 2.45) is 0 Å². The normalized spacial score (nSPS) is 11.2. The number of aromatic nitrogens is 3. The van der Waals surface area contributed by atoms with E-state index in [-0.39, 0.29) is 5.69 Å². The van der Waals surface area contributed by atoms with Crippen molar-refractivity contribution in [3.63, 3.8) is 0 Å². The number of aromatic carboxylic acids is 1. The Morgan fingerprint density at radius 3 is 2.93 bits per heavy atom. The van der Waals surface area contributed by atoms with Gasteiger partial charge in [0.25, 0.3) is 0 Å². The van der Waals surface area contributed by atoms with Crippen molar-refractivity contribution >= 4 is 27.9 Å². The fourth-order valence-electron chi connectivity index (χ4n) is 1.73. The minimum atomic E-state index is -0.963. The van der Waals surface area contributed by atoms with Crippen molar-refractivity contribution < 1.29 is 9.90 Å². The van der Waals surface area contributed by atoms with Crippen LogP contribution >= 0.6 is 0 Å². The average Bonchev–Trinajstić information content (AvgIpc) is 2.82. The maximum Gasteiger partial charge on any atom is 0.352 e. The first-order valence-corrected chi connectivity index (χ1v) is 4.44. The van der Waals surface area contributed by atoms with Crippen LogP contribution in [0.15, 0.2) is 24.5 Å². The predicted octanol–water partition coefficient (Wildman–Crippen LogP) is 1.74. The van der Waals surface area contributed by atoms with Gasteiger partial charge >= 0.3 is 5.97 Å². The zero-order chi connectivity index (χ0) is 10.4. The van der Waals surface area contributed by atoms with Crippen molar-refractivity contribution in [1.82, 2.24) is 15.0 Å². The van der Waals surface area contributed by atoms with E-state index >= 15 is 0 Å². The average molecular weight is 201 g/mol. The van der Waals surface area contributed by atoms with Crippen LogP contribution in [0.4, 0.5) is 0 Å². The molecular weight excluding hydrogens is 194 g/mol. The molecule has 5 heteroatoms. The van der Waals surface area contributed by atoms with Gasteiger partial charge in [-0.15, -0.1) is 0 Å². The highest BCUT2D eigenvalue weighted by Crippen LogP contribution is 2.23. The lowest BCUT2D eigenvalue weighted by Gasteiger charge is -1.89. The largest absolute Gasteiger partial charge is 0.477 e. The Hall–Kier alpha value is -2.30. The van der Waals surface area contributed by atoms with E-state index in [0.29, 0.717) is 0 Å². The maximum atomic E-state index is 10.8. The van der Waals surface area contributed by atoms with Crippen LogP contribution in [0.1, 0.15) is 10.5 Å². The van der Waals surface area contributed by atoms with Crippen LogP contribution in [-0.4, -0.2) is 26.0 Å². The van der Waals surface area contributed by atoms with Crippen molar-refractivity contribution in [2.75, 3.05) is 0 Å². The van der Waals surface area contributed by atoms with Gasteiger partial charge in [-0.25, -0.2) is 9.78 Å². The van der Waals surface area contributed by atoms with Crippen molar-refractivity contribution in [3.05, 3.63) is 30.2 Å². The van der Waals surface area contributed by atoms with Gasteiger partial charge in [0.15, 0.2) is 0 Å². The Kier molecular flexibility index (Phi) is 1.39. The van der Waals surface area contributed by atoms with Crippen molar-refractivity contribution in [3.8, 4) is 0 Å². The van der Waals surface area contributed by atoms with E-state index in [4.69, 9.17) is 5.11 Å². The zero-order valence-corrected chi connectivity index (χ0v) is 7.61. The van der Waals surface area contributed by atoms with Gasteiger partial charge in [-0.05, 0) is 18.2 Å². The number of aromatic amines is 2. The Balaban J connectivity index is 2.46. The fraction of sp³-hybridized carbons (Fsp3) is 0. The molecule has 2 aromatic heterocycles. The summed E-state index contributed by atoms with van der Waals surface area (Å²) in [7, 11) is 0. The number of imidazole rings is 1. The third-order valence-corrected chi connectivity index (χ3v) is 2.42. The molecule has 3 aromatic rings. The van der Waals surface area contributed by atoms with Crippen LogP contribution < -0.4 is 0 Å². The first kappa shape index (κ1) is 8.05. The van der Waals surface area contributed by atoms with Crippen LogP contribution in [0.25, 0.3) is 21.9 Å². The van der Waals surface area contributed by atoms with Crippen LogP contribution in [-0.2, 0) is 0 Å². The molecule has 3 rings (SSSR count). The molecule has 0 saturated carbocycles. The van der Waals surface area contributed by atoms with Crippen LogP contribution in [0.2, 0.25) is 0 Å². The first-order chi connectivity index (χ1) is 7.25. The Bertz CT molecular complexity index is 665. The van der Waals surface area contributed by atoms with Crippen molar-refractivity contribution in [2.45, 2.75) is 0 Å². The summed E-state index contributed by atoms with van der Waals surface area (Å²) < 4.78 is 0. The van der Waals surface area contributed by atoms with Gasteiger partial charge in [0.1, 0.15) is 5.69 Å². The summed E-state index contributed by atoms with van der Waals surface area (Å²) in [6.45, 7) is 0. The number of hydrogen-bond acceptors (Lipinski definition) is 2. The van der Waals surface area contributed by atoms with E-state index in [1.165, 1.54) is 0 Å². The third kappa shape index (κ3) is 1.03. The van der Waals surface area contributed by atoms with Gasteiger partial charge in [-0.1, -0.05) is 0 Å². The molecule has 15 heavy (non-hydrogen) atoms. The molecule has 2 heterocycles. The molecular formula is C10H7N3O2. The fourth-order valence-corrected chi connectivity index (χ4v) is 1.73. The Morgan fingerprint density at radius 1 is 1.33 bits per heavy atom. The molecule has 3 N–H and O–H groups in total. The summed E-state index contributed by atoms with van der Waals surface area (Å²) in [5, 5.41) is 9.67.